The summed E-state index contributed by atoms with van der Waals surface area (Å²) in [6.45, 7) is 4.82. The quantitative estimate of drug-likeness (QED) is 0.104. The second kappa shape index (κ2) is 19.2. The zero-order valence-electron chi connectivity index (χ0n) is 30.0. The van der Waals surface area contributed by atoms with Gasteiger partial charge in [-0.15, -0.1) is 0 Å². The first-order valence-electron chi connectivity index (χ1n) is 18.4. The maximum absolute atomic E-state index is 12.9. The Balaban J connectivity index is 0.972. The summed E-state index contributed by atoms with van der Waals surface area (Å²) in [4.78, 5) is 19.5. The minimum absolute atomic E-state index is 0.136. The highest BCUT2D eigenvalue weighted by Gasteiger charge is 2.36. The lowest BCUT2D eigenvalue weighted by Crippen LogP contribution is -2.56. The summed E-state index contributed by atoms with van der Waals surface area (Å²) < 4.78 is 24.3. The van der Waals surface area contributed by atoms with Crippen LogP contribution in [0, 0.1) is 0 Å². The summed E-state index contributed by atoms with van der Waals surface area (Å²) in [6, 6.07) is 29.8. The number of amides is 2. The van der Waals surface area contributed by atoms with Gasteiger partial charge in [0.05, 0.1) is 6.17 Å². The second-order valence-corrected chi connectivity index (χ2v) is 14.4. The van der Waals surface area contributed by atoms with Gasteiger partial charge in [-0.05, 0) is 149 Å². The molecule has 0 aromatic heterocycles. The Morgan fingerprint density at radius 3 is 1.66 bits per heavy atom. The third-order valence-electron chi connectivity index (χ3n) is 9.85. The second-order valence-electron chi connectivity index (χ2n) is 13.5. The van der Waals surface area contributed by atoms with Gasteiger partial charge >= 0.3 is 6.03 Å². The fraction of sp³-hybridized carbons (Fsp3) is 0.390. The Hall–Kier alpha value is -4.19. The van der Waals surface area contributed by atoms with E-state index in [1.54, 1.807) is 24.3 Å². The molecular formula is C41H49Cl2N5O5. The third-order valence-corrected chi connectivity index (χ3v) is 10.4. The van der Waals surface area contributed by atoms with Gasteiger partial charge in [-0.1, -0.05) is 23.2 Å². The molecular weight excluding hydrogens is 713 g/mol. The van der Waals surface area contributed by atoms with Gasteiger partial charge < -0.3 is 35.3 Å². The van der Waals surface area contributed by atoms with Crippen molar-refractivity contribution >= 4 is 29.2 Å². The van der Waals surface area contributed by atoms with Gasteiger partial charge in [0, 0.05) is 41.8 Å². The van der Waals surface area contributed by atoms with E-state index in [-0.39, 0.29) is 12.2 Å². The van der Waals surface area contributed by atoms with Crippen molar-refractivity contribution in [3.05, 3.63) is 107 Å². The SMILES string of the molecule is NCCC(N(CCCN1CCC[C@H]1COc1ccc(Oc2ccc(Cl)cc2)cc1)C(N)=O)N1CCC[C@H]1COc1ccc(Oc2ccc(Cl)cc2)cc1. The molecule has 3 atom stereocenters. The van der Waals surface area contributed by atoms with E-state index in [1.165, 1.54) is 0 Å². The Labute approximate surface area is 322 Å². The van der Waals surface area contributed by atoms with Gasteiger partial charge in [0.2, 0.25) is 0 Å². The molecule has 2 saturated heterocycles. The molecule has 1 unspecified atom stereocenters. The number of halogens is 2. The zero-order valence-corrected chi connectivity index (χ0v) is 31.5. The van der Waals surface area contributed by atoms with Crippen molar-refractivity contribution in [3.63, 3.8) is 0 Å². The topological polar surface area (TPSA) is 116 Å². The van der Waals surface area contributed by atoms with E-state index in [2.05, 4.69) is 9.80 Å². The van der Waals surface area contributed by atoms with Crippen LogP contribution < -0.4 is 30.4 Å². The molecule has 4 aromatic carbocycles. The number of ether oxygens (including phenoxy) is 4. The van der Waals surface area contributed by atoms with Crippen LogP contribution in [0.5, 0.6) is 34.5 Å². The molecule has 2 aliphatic heterocycles. The van der Waals surface area contributed by atoms with Crippen LogP contribution >= 0.6 is 23.2 Å². The number of primary amides is 1. The van der Waals surface area contributed by atoms with Crippen LogP contribution in [0.3, 0.4) is 0 Å². The summed E-state index contributed by atoms with van der Waals surface area (Å²) in [6.07, 6.45) is 5.43. The molecule has 53 heavy (non-hydrogen) atoms. The molecule has 0 radical (unpaired) electrons. The van der Waals surface area contributed by atoms with Crippen LogP contribution in [0.1, 0.15) is 38.5 Å². The molecule has 0 saturated carbocycles. The molecule has 0 spiro atoms. The molecule has 6 rings (SSSR count). The highest BCUT2D eigenvalue weighted by molar-refractivity contribution is 6.30. The summed E-state index contributed by atoms with van der Waals surface area (Å²) in [5.41, 5.74) is 12.1. The number of carbonyl (C=O) groups excluding carboxylic acids is 1. The predicted octanol–water partition coefficient (Wildman–Crippen LogP) is 8.41. The van der Waals surface area contributed by atoms with Gasteiger partial charge in [0.15, 0.2) is 0 Å². The standard InChI is InChI=1S/C41H49Cl2N5O5/c42-30-6-10-36(11-7-30)52-38-18-14-34(15-19-38)50-28-32-4-1-24-46(32)25-3-27-48(41(45)49)40(22-23-44)47-26-2-5-33(47)29-51-35-16-20-39(21-17-35)53-37-12-8-31(43)9-13-37/h6-21,32-33,40H,1-5,22-29,44H2,(H2,45,49)/t32-,33-,40?/m0/s1. The number of nitrogens with zero attached hydrogens (tertiary/aromatic N) is 3. The first kappa shape index (κ1) is 38.5. The molecule has 2 aliphatic rings. The normalized spacial score (nSPS) is 18.1. The van der Waals surface area contributed by atoms with Crippen molar-refractivity contribution in [1.29, 1.82) is 0 Å². The van der Waals surface area contributed by atoms with Crippen LogP contribution in [0.25, 0.3) is 0 Å². The fourth-order valence-electron chi connectivity index (χ4n) is 7.18. The van der Waals surface area contributed by atoms with Crippen LogP contribution in [0.15, 0.2) is 97.1 Å². The van der Waals surface area contributed by atoms with E-state index >= 15 is 0 Å². The summed E-state index contributed by atoms with van der Waals surface area (Å²) >= 11 is 12.0. The Morgan fingerprint density at radius 2 is 1.15 bits per heavy atom. The number of carbonyl (C=O) groups is 1. The smallest absolute Gasteiger partial charge is 0.316 e. The highest BCUT2D eigenvalue weighted by atomic mass is 35.5. The van der Waals surface area contributed by atoms with Gasteiger partial charge in [-0.2, -0.15) is 0 Å². The number of nitrogens with two attached hydrogens (primary N) is 2. The lowest BCUT2D eigenvalue weighted by atomic mass is 10.2. The number of likely N-dealkylation sites (tertiary alicyclic amines) is 2. The van der Waals surface area contributed by atoms with E-state index < -0.39 is 6.03 Å². The molecule has 10 nitrogen and oxygen atoms in total. The average Bonchev–Trinajstić information content (AvgIpc) is 3.83. The highest BCUT2D eigenvalue weighted by Crippen LogP contribution is 2.29. The molecule has 4 aromatic rings. The maximum atomic E-state index is 12.9. The molecule has 2 heterocycles. The van der Waals surface area contributed by atoms with E-state index in [4.69, 9.17) is 53.6 Å². The lowest BCUT2D eigenvalue weighted by molar-refractivity contribution is 0.0363. The van der Waals surface area contributed by atoms with E-state index in [9.17, 15) is 4.79 Å². The van der Waals surface area contributed by atoms with Crippen LogP contribution in [0.2, 0.25) is 10.0 Å². The minimum Gasteiger partial charge on any atom is -0.492 e. The summed E-state index contributed by atoms with van der Waals surface area (Å²) in [7, 11) is 0. The lowest BCUT2D eigenvalue weighted by Gasteiger charge is -2.40. The first-order chi connectivity index (χ1) is 25.8. The van der Waals surface area contributed by atoms with Crippen molar-refractivity contribution in [2.45, 2.75) is 56.8 Å². The number of hydrogen-bond donors (Lipinski definition) is 2. The van der Waals surface area contributed by atoms with Gasteiger partial charge in [0.1, 0.15) is 47.7 Å². The summed E-state index contributed by atoms with van der Waals surface area (Å²) in [5.74, 6) is 4.43. The number of rotatable bonds is 18. The minimum atomic E-state index is -0.420. The molecule has 282 valence electrons. The Kier molecular flexibility index (Phi) is 14.0. The fourth-order valence-corrected chi connectivity index (χ4v) is 7.43. The summed E-state index contributed by atoms with van der Waals surface area (Å²) in [5, 5.41) is 1.33. The van der Waals surface area contributed by atoms with Crippen LogP contribution in [-0.2, 0) is 0 Å². The molecule has 2 amide bonds. The Bertz CT molecular complexity index is 1710. The van der Waals surface area contributed by atoms with Gasteiger partial charge in [0.25, 0.3) is 0 Å². The van der Waals surface area contributed by atoms with E-state index in [0.717, 1.165) is 74.7 Å². The van der Waals surface area contributed by atoms with E-state index in [1.807, 2.05) is 77.7 Å². The van der Waals surface area contributed by atoms with Crippen molar-refractivity contribution in [3.8, 4) is 34.5 Å². The zero-order chi connectivity index (χ0) is 37.0. The molecule has 4 N–H and O–H groups in total. The monoisotopic (exact) mass is 761 g/mol. The number of urea groups is 1. The van der Waals surface area contributed by atoms with Crippen LogP contribution in [-0.4, -0.2) is 84.9 Å². The van der Waals surface area contributed by atoms with Crippen molar-refractivity contribution < 1.29 is 23.7 Å². The Morgan fingerprint density at radius 1 is 0.698 bits per heavy atom. The molecule has 0 aliphatic carbocycles. The predicted molar refractivity (Wildman–Crippen MR) is 210 cm³/mol. The molecule has 12 heteroatoms. The van der Waals surface area contributed by atoms with Gasteiger partial charge in [-0.25, -0.2) is 4.79 Å². The molecule has 0 bridgehead atoms. The number of benzene rings is 4. The van der Waals surface area contributed by atoms with Crippen molar-refractivity contribution in [1.82, 2.24) is 14.7 Å². The molecule has 2 fully saturated rings. The van der Waals surface area contributed by atoms with Crippen molar-refractivity contribution in [2.24, 2.45) is 11.5 Å². The van der Waals surface area contributed by atoms with Crippen molar-refractivity contribution in [2.75, 3.05) is 45.9 Å². The average molecular weight is 763 g/mol. The third kappa shape index (κ3) is 11.2. The van der Waals surface area contributed by atoms with Crippen LogP contribution in [0.4, 0.5) is 4.79 Å². The number of hydrogen-bond acceptors (Lipinski definition) is 8. The van der Waals surface area contributed by atoms with Gasteiger partial charge in [-0.3, -0.25) is 9.80 Å². The maximum Gasteiger partial charge on any atom is 0.316 e. The first-order valence-corrected chi connectivity index (χ1v) is 19.2. The van der Waals surface area contributed by atoms with E-state index in [0.29, 0.717) is 60.3 Å². The largest absolute Gasteiger partial charge is 0.492 e.